The normalized spacial score (nSPS) is 27.1. The number of carbonyl (C=O) groups is 1. The Morgan fingerprint density at radius 3 is 3.00 bits per heavy atom. The Hall–Kier alpha value is -1.39. The van der Waals surface area contributed by atoms with Crippen LogP contribution in [0.2, 0.25) is 0 Å². The zero-order valence-corrected chi connectivity index (χ0v) is 14.7. The molecule has 3 rings (SSSR count). The lowest BCUT2D eigenvalue weighted by Crippen LogP contribution is -2.27. The molecule has 4 heteroatoms. The van der Waals surface area contributed by atoms with Gasteiger partial charge in [0.2, 0.25) is 5.91 Å². The Kier molecular flexibility index (Phi) is 6.27. The average Bonchev–Trinajstić information content (AvgIpc) is 3.06. The number of hydrogen-bond donors (Lipinski definition) is 2. The highest BCUT2D eigenvalue weighted by Gasteiger charge is 2.19. The first-order valence-electron chi connectivity index (χ1n) is 9.43. The third-order valence-corrected chi connectivity index (χ3v) is 5.18. The van der Waals surface area contributed by atoms with Crippen molar-refractivity contribution >= 4 is 11.6 Å². The maximum Gasteiger partial charge on any atom is 0.225 e. The summed E-state index contributed by atoms with van der Waals surface area (Å²) in [6.07, 6.45) is 8.17. The van der Waals surface area contributed by atoms with Crippen molar-refractivity contribution in [2.24, 2.45) is 5.92 Å². The zero-order valence-electron chi connectivity index (χ0n) is 14.7. The molecular formula is C20H30N2O2. The molecule has 1 saturated heterocycles. The van der Waals surface area contributed by atoms with E-state index in [0.717, 1.165) is 30.1 Å². The smallest absolute Gasteiger partial charge is 0.225 e. The van der Waals surface area contributed by atoms with Gasteiger partial charge in [0, 0.05) is 18.2 Å². The Morgan fingerprint density at radius 2 is 2.21 bits per heavy atom. The first-order valence-corrected chi connectivity index (χ1v) is 9.43. The summed E-state index contributed by atoms with van der Waals surface area (Å²) in [6, 6.07) is 8.38. The minimum atomic E-state index is 0.0913. The van der Waals surface area contributed by atoms with Crippen molar-refractivity contribution in [3.05, 3.63) is 29.8 Å². The van der Waals surface area contributed by atoms with Crippen LogP contribution >= 0.6 is 0 Å². The number of anilines is 1. The summed E-state index contributed by atoms with van der Waals surface area (Å²) in [5.41, 5.74) is 2.00. The number of amides is 1. The van der Waals surface area contributed by atoms with Crippen LogP contribution in [0.25, 0.3) is 0 Å². The molecule has 132 valence electrons. The van der Waals surface area contributed by atoms with E-state index in [1.165, 1.54) is 32.1 Å². The van der Waals surface area contributed by atoms with E-state index in [2.05, 4.69) is 23.6 Å². The quantitative estimate of drug-likeness (QED) is 0.832. The predicted octanol–water partition coefficient (Wildman–Crippen LogP) is 3.86. The number of benzene rings is 1. The maximum absolute atomic E-state index is 12.1. The Labute approximate surface area is 145 Å². The lowest BCUT2D eigenvalue weighted by atomic mass is 9.89. The Bertz CT molecular complexity index is 540. The van der Waals surface area contributed by atoms with Crippen LogP contribution in [0.3, 0.4) is 0 Å². The molecule has 1 heterocycles. The molecule has 2 fully saturated rings. The molecule has 3 unspecified atom stereocenters. The van der Waals surface area contributed by atoms with E-state index >= 15 is 0 Å². The van der Waals surface area contributed by atoms with Gasteiger partial charge in [-0.1, -0.05) is 31.9 Å². The monoisotopic (exact) mass is 330 g/mol. The van der Waals surface area contributed by atoms with E-state index in [9.17, 15) is 4.79 Å². The molecule has 1 aromatic rings. The summed E-state index contributed by atoms with van der Waals surface area (Å²) in [5, 5.41) is 6.38. The third kappa shape index (κ3) is 5.32. The fourth-order valence-corrected chi connectivity index (χ4v) is 3.85. The summed E-state index contributed by atoms with van der Waals surface area (Å²) < 4.78 is 6.08. The van der Waals surface area contributed by atoms with E-state index in [1.54, 1.807) is 0 Å². The van der Waals surface area contributed by atoms with Gasteiger partial charge in [-0.2, -0.15) is 0 Å². The van der Waals surface area contributed by atoms with Gasteiger partial charge < -0.3 is 15.4 Å². The van der Waals surface area contributed by atoms with Crippen LogP contribution in [0.4, 0.5) is 5.69 Å². The third-order valence-electron chi connectivity index (χ3n) is 5.18. The highest BCUT2D eigenvalue weighted by atomic mass is 16.5. The molecule has 1 aliphatic carbocycles. The average molecular weight is 330 g/mol. The van der Waals surface area contributed by atoms with Gasteiger partial charge in [0.25, 0.3) is 0 Å². The van der Waals surface area contributed by atoms with Gasteiger partial charge >= 0.3 is 0 Å². The van der Waals surface area contributed by atoms with E-state index in [4.69, 9.17) is 4.74 Å². The molecule has 1 aromatic carbocycles. The largest absolute Gasteiger partial charge is 0.374 e. The van der Waals surface area contributed by atoms with Crippen LogP contribution in [-0.2, 0) is 16.1 Å². The van der Waals surface area contributed by atoms with Crippen molar-refractivity contribution in [1.29, 1.82) is 0 Å². The Morgan fingerprint density at radius 1 is 1.29 bits per heavy atom. The minimum absolute atomic E-state index is 0.0913. The van der Waals surface area contributed by atoms with Gasteiger partial charge in [-0.3, -0.25) is 4.79 Å². The number of hydrogen-bond acceptors (Lipinski definition) is 3. The summed E-state index contributed by atoms with van der Waals surface area (Å²) >= 11 is 0. The lowest BCUT2D eigenvalue weighted by Gasteiger charge is -2.26. The topological polar surface area (TPSA) is 50.4 Å². The van der Waals surface area contributed by atoms with Crippen molar-refractivity contribution in [2.75, 3.05) is 11.9 Å². The second-order valence-electron chi connectivity index (χ2n) is 7.45. The molecule has 0 spiro atoms. The highest BCUT2D eigenvalue weighted by Crippen LogP contribution is 2.26. The van der Waals surface area contributed by atoms with Gasteiger partial charge in [0.1, 0.15) is 0 Å². The number of rotatable bonds is 6. The van der Waals surface area contributed by atoms with Crippen molar-refractivity contribution in [1.82, 2.24) is 5.32 Å². The second kappa shape index (κ2) is 8.63. The molecule has 24 heavy (non-hydrogen) atoms. The number of carbonyl (C=O) groups excluding carboxylic acids is 1. The van der Waals surface area contributed by atoms with Crippen LogP contribution in [0.1, 0.15) is 57.4 Å². The molecule has 1 aliphatic heterocycles. The summed E-state index contributed by atoms with van der Waals surface area (Å²) in [6.45, 7) is 3.97. The molecule has 0 aromatic heterocycles. The standard InChI is InChI=1S/C20H30N2O2/c1-15-5-2-9-19(11-15)24-14-16-6-3-7-18(12-16)22-20(23)13-17-8-4-10-21-17/h3,6-7,12,15,17,19,21H,2,4-5,8-11,13-14H2,1H3,(H,22,23). The molecule has 2 aliphatic rings. The van der Waals surface area contributed by atoms with Gasteiger partial charge in [-0.15, -0.1) is 0 Å². The number of nitrogens with one attached hydrogen (secondary N) is 2. The van der Waals surface area contributed by atoms with Crippen LogP contribution in [-0.4, -0.2) is 24.6 Å². The van der Waals surface area contributed by atoms with Gasteiger partial charge in [0.15, 0.2) is 0 Å². The Balaban J connectivity index is 1.47. The summed E-state index contributed by atoms with van der Waals surface area (Å²) in [4.78, 5) is 12.1. The lowest BCUT2D eigenvalue weighted by molar-refractivity contribution is -0.116. The second-order valence-corrected chi connectivity index (χ2v) is 7.45. The molecular weight excluding hydrogens is 300 g/mol. The molecule has 1 amide bonds. The van der Waals surface area contributed by atoms with Gasteiger partial charge in [-0.05, 0) is 55.8 Å². The SMILES string of the molecule is CC1CCCC(OCc2cccc(NC(=O)CC3CCCN3)c2)C1. The van der Waals surface area contributed by atoms with E-state index in [0.29, 0.717) is 25.2 Å². The number of ether oxygens (including phenoxy) is 1. The highest BCUT2D eigenvalue weighted by molar-refractivity contribution is 5.91. The van der Waals surface area contributed by atoms with Gasteiger partial charge in [0.05, 0.1) is 12.7 Å². The maximum atomic E-state index is 12.1. The predicted molar refractivity (Wildman–Crippen MR) is 96.9 cm³/mol. The van der Waals surface area contributed by atoms with Crippen LogP contribution < -0.4 is 10.6 Å². The first-order chi connectivity index (χ1) is 11.7. The van der Waals surface area contributed by atoms with Crippen molar-refractivity contribution in [2.45, 2.75) is 70.6 Å². The summed E-state index contributed by atoms with van der Waals surface area (Å²) in [7, 11) is 0. The molecule has 2 N–H and O–H groups in total. The van der Waals surface area contributed by atoms with E-state index < -0.39 is 0 Å². The van der Waals surface area contributed by atoms with Crippen molar-refractivity contribution < 1.29 is 9.53 Å². The molecule has 0 radical (unpaired) electrons. The first kappa shape index (κ1) is 17.4. The fraction of sp³-hybridized carbons (Fsp3) is 0.650. The van der Waals surface area contributed by atoms with Crippen LogP contribution in [0.5, 0.6) is 0 Å². The van der Waals surface area contributed by atoms with Crippen LogP contribution in [0.15, 0.2) is 24.3 Å². The minimum Gasteiger partial charge on any atom is -0.374 e. The van der Waals surface area contributed by atoms with Crippen molar-refractivity contribution in [3.63, 3.8) is 0 Å². The van der Waals surface area contributed by atoms with Crippen molar-refractivity contribution in [3.8, 4) is 0 Å². The van der Waals surface area contributed by atoms with Crippen LogP contribution in [0, 0.1) is 5.92 Å². The fourth-order valence-electron chi connectivity index (χ4n) is 3.85. The summed E-state index contributed by atoms with van der Waals surface area (Å²) in [5.74, 6) is 0.868. The van der Waals surface area contributed by atoms with E-state index in [1.807, 2.05) is 18.2 Å². The molecule has 3 atom stereocenters. The molecule has 1 saturated carbocycles. The zero-order chi connectivity index (χ0) is 16.8. The molecule has 0 bridgehead atoms. The van der Waals surface area contributed by atoms with Gasteiger partial charge in [-0.25, -0.2) is 0 Å². The van der Waals surface area contributed by atoms with E-state index in [-0.39, 0.29) is 5.91 Å². The molecule has 4 nitrogen and oxygen atoms in total.